The van der Waals surface area contributed by atoms with E-state index in [-0.39, 0.29) is 23.5 Å². The van der Waals surface area contributed by atoms with Gasteiger partial charge in [-0.25, -0.2) is 4.68 Å². The second kappa shape index (κ2) is 9.16. The van der Waals surface area contributed by atoms with Crippen molar-refractivity contribution in [2.45, 2.75) is 64.1 Å². The lowest BCUT2D eigenvalue weighted by atomic mass is 9.68. The van der Waals surface area contributed by atoms with E-state index in [0.717, 1.165) is 10.2 Å². The number of rotatable bonds is 6. The summed E-state index contributed by atoms with van der Waals surface area (Å²) in [6, 6.07) is 3.84. The van der Waals surface area contributed by atoms with Crippen molar-refractivity contribution >= 4 is 23.2 Å². The molecule has 0 saturated heterocycles. The summed E-state index contributed by atoms with van der Waals surface area (Å²) in [6.45, 7) is 1.70. The van der Waals surface area contributed by atoms with E-state index in [0.29, 0.717) is 23.6 Å². The molecule has 2 aromatic heterocycles. The number of carbonyl (C=O) groups is 1. The van der Waals surface area contributed by atoms with Crippen molar-refractivity contribution in [3.63, 3.8) is 0 Å². The summed E-state index contributed by atoms with van der Waals surface area (Å²) in [7, 11) is 0. The smallest absolute Gasteiger partial charge is 0.288 e. The Morgan fingerprint density at radius 1 is 1.20 bits per heavy atom. The van der Waals surface area contributed by atoms with Crippen LogP contribution in [0.2, 0.25) is 5.02 Å². The summed E-state index contributed by atoms with van der Waals surface area (Å²) in [5.74, 6) is 0.973. The third-order valence-corrected chi connectivity index (χ3v) is 6.86. The van der Waals surface area contributed by atoms with E-state index in [4.69, 9.17) is 11.6 Å². The Morgan fingerprint density at radius 3 is 2.47 bits per heavy atom. The van der Waals surface area contributed by atoms with Gasteiger partial charge in [-0.3, -0.25) is 14.6 Å². The standard InChI is InChI=1S/C22H28ClN5O2/c1-14(15-8-10-24-11-9-15)26-19(29)13-28-22(30)20(23)18(12-25-28)27-21-16-4-2-5-17(21)7-3-6-16/h8-12,14,16-17,21,27H,2-7,13H2,1H3,(H,26,29)/t14-,16?,17?,21?/m1/s1. The summed E-state index contributed by atoms with van der Waals surface area (Å²) >= 11 is 6.38. The molecule has 7 nitrogen and oxygen atoms in total. The molecule has 0 unspecified atom stereocenters. The number of nitrogens with zero attached hydrogens (tertiary/aromatic N) is 3. The SMILES string of the molecule is C[C@@H](NC(=O)Cn1ncc(NC2C3CCCC2CCC3)c(Cl)c1=O)c1ccncc1. The highest BCUT2D eigenvalue weighted by molar-refractivity contribution is 6.32. The largest absolute Gasteiger partial charge is 0.379 e. The molecule has 30 heavy (non-hydrogen) atoms. The van der Waals surface area contributed by atoms with Gasteiger partial charge in [-0.2, -0.15) is 5.10 Å². The molecule has 0 spiro atoms. The lowest BCUT2D eigenvalue weighted by Gasteiger charge is -2.43. The predicted molar refractivity (Wildman–Crippen MR) is 116 cm³/mol. The Bertz CT molecular complexity index is 926. The summed E-state index contributed by atoms with van der Waals surface area (Å²) in [5.41, 5.74) is 1.07. The molecule has 2 aromatic rings. The van der Waals surface area contributed by atoms with Crippen LogP contribution >= 0.6 is 11.6 Å². The number of hydrogen-bond acceptors (Lipinski definition) is 5. The van der Waals surface area contributed by atoms with E-state index < -0.39 is 5.56 Å². The number of carbonyl (C=O) groups excluding carboxylic acids is 1. The zero-order chi connectivity index (χ0) is 21.1. The van der Waals surface area contributed by atoms with Crippen molar-refractivity contribution in [1.29, 1.82) is 0 Å². The van der Waals surface area contributed by atoms with Gasteiger partial charge in [-0.05, 0) is 62.1 Å². The van der Waals surface area contributed by atoms with Crippen LogP contribution in [0.1, 0.15) is 57.1 Å². The average Bonchev–Trinajstić information content (AvgIpc) is 2.74. The molecule has 1 amide bonds. The van der Waals surface area contributed by atoms with E-state index in [2.05, 4.69) is 20.7 Å². The van der Waals surface area contributed by atoms with Crippen molar-refractivity contribution in [1.82, 2.24) is 20.1 Å². The maximum absolute atomic E-state index is 12.7. The zero-order valence-corrected chi connectivity index (χ0v) is 17.9. The van der Waals surface area contributed by atoms with Gasteiger partial charge in [0.25, 0.3) is 5.56 Å². The summed E-state index contributed by atoms with van der Waals surface area (Å²) in [5, 5.41) is 10.7. The van der Waals surface area contributed by atoms with Gasteiger partial charge >= 0.3 is 0 Å². The van der Waals surface area contributed by atoms with E-state index >= 15 is 0 Å². The molecule has 2 aliphatic rings. The van der Waals surface area contributed by atoms with Crippen molar-refractivity contribution in [2.24, 2.45) is 11.8 Å². The van der Waals surface area contributed by atoms with Crippen molar-refractivity contribution in [3.05, 3.63) is 51.7 Å². The molecule has 2 bridgehead atoms. The van der Waals surface area contributed by atoms with E-state index in [1.165, 1.54) is 38.5 Å². The Morgan fingerprint density at radius 2 is 1.83 bits per heavy atom. The minimum atomic E-state index is -0.450. The average molecular weight is 430 g/mol. The van der Waals surface area contributed by atoms with Crippen molar-refractivity contribution in [3.8, 4) is 0 Å². The second-order valence-electron chi connectivity index (χ2n) is 8.46. The Labute approximate surface area is 181 Å². The lowest BCUT2D eigenvalue weighted by Crippen LogP contribution is -2.43. The minimum absolute atomic E-state index is 0.101. The highest BCUT2D eigenvalue weighted by atomic mass is 35.5. The topological polar surface area (TPSA) is 88.9 Å². The number of hydrogen-bond donors (Lipinski definition) is 2. The third kappa shape index (κ3) is 4.51. The van der Waals surface area contributed by atoms with Gasteiger partial charge in [0.2, 0.25) is 5.91 Å². The molecule has 160 valence electrons. The molecule has 1 atom stereocenters. The first-order valence-electron chi connectivity index (χ1n) is 10.7. The van der Waals surface area contributed by atoms with Crippen LogP contribution in [0.3, 0.4) is 0 Å². The highest BCUT2D eigenvalue weighted by Gasteiger charge is 2.36. The van der Waals surface area contributed by atoms with Gasteiger partial charge in [-0.1, -0.05) is 24.4 Å². The molecular weight excluding hydrogens is 402 g/mol. The van der Waals surface area contributed by atoms with Crippen LogP contribution in [-0.2, 0) is 11.3 Å². The summed E-state index contributed by atoms with van der Waals surface area (Å²) in [4.78, 5) is 29.1. The first-order valence-corrected chi connectivity index (χ1v) is 11.1. The summed E-state index contributed by atoms with van der Waals surface area (Å²) in [6.07, 6.45) is 12.4. The van der Waals surface area contributed by atoms with Crippen LogP contribution in [0.4, 0.5) is 5.69 Å². The fourth-order valence-electron chi connectivity index (χ4n) is 4.93. The number of fused-ring (bicyclic) bond motifs is 2. The second-order valence-corrected chi connectivity index (χ2v) is 8.83. The first kappa shape index (κ1) is 20.8. The Kier molecular flexibility index (Phi) is 6.37. The highest BCUT2D eigenvalue weighted by Crippen LogP contribution is 2.41. The fraction of sp³-hybridized carbons (Fsp3) is 0.545. The fourth-order valence-corrected chi connectivity index (χ4v) is 5.13. The normalized spacial score (nSPS) is 24.1. The molecule has 8 heteroatoms. The van der Waals surface area contributed by atoms with Gasteiger partial charge in [0.1, 0.15) is 11.6 Å². The first-order chi connectivity index (χ1) is 14.5. The van der Waals surface area contributed by atoms with Gasteiger partial charge in [0, 0.05) is 18.4 Å². The lowest BCUT2D eigenvalue weighted by molar-refractivity contribution is -0.122. The maximum atomic E-state index is 12.7. The quantitative estimate of drug-likeness (QED) is 0.733. The van der Waals surface area contributed by atoms with E-state index in [9.17, 15) is 9.59 Å². The van der Waals surface area contributed by atoms with Crippen LogP contribution in [0, 0.1) is 11.8 Å². The Balaban J connectivity index is 1.42. The van der Waals surface area contributed by atoms with Gasteiger partial charge < -0.3 is 10.6 Å². The molecule has 0 radical (unpaired) electrons. The predicted octanol–water partition coefficient (Wildman–Crippen LogP) is 3.55. The Hall–Kier alpha value is -2.41. The van der Waals surface area contributed by atoms with Gasteiger partial charge in [0.05, 0.1) is 17.9 Å². The van der Waals surface area contributed by atoms with Gasteiger partial charge in [0.15, 0.2) is 0 Å². The molecule has 2 N–H and O–H groups in total. The van der Waals surface area contributed by atoms with Crippen LogP contribution in [0.25, 0.3) is 0 Å². The number of halogens is 1. The van der Waals surface area contributed by atoms with E-state index in [1.807, 2.05) is 19.1 Å². The molecule has 2 heterocycles. The number of nitrogens with one attached hydrogen (secondary N) is 2. The molecule has 2 fully saturated rings. The van der Waals surface area contributed by atoms with Crippen molar-refractivity contribution < 1.29 is 4.79 Å². The van der Waals surface area contributed by atoms with Crippen LogP contribution in [0.15, 0.2) is 35.5 Å². The minimum Gasteiger partial charge on any atom is -0.379 e. The van der Waals surface area contributed by atoms with Crippen molar-refractivity contribution in [2.75, 3.05) is 5.32 Å². The molecule has 4 rings (SSSR count). The zero-order valence-electron chi connectivity index (χ0n) is 17.2. The van der Waals surface area contributed by atoms with Crippen LogP contribution in [0.5, 0.6) is 0 Å². The number of amides is 1. The van der Waals surface area contributed by atoms with Crippen LogP contribution in [-0.4, -0.2) is 26.7 Å². The molecule has 0 aromatic carbocycles. The monoisotopic (exact) mass is 429 g/mol. The molecule has 0 aliphatic heterocycles. The summed E-state index contributed by atoms with van der Waals surface area (Å²) < 4.78 is 1.11. The van der Waals surface area contributed by atoms with Crippen LogP contribution < -0.4 is 16.2 Å². The third-order valence-electron chi connectivity index (χ3n) is 6.50. The molecule has 2 saturated carbocycles. The number of anilines is 1. The number of pyridine rings is 1. The molecule has 2 aliphatic carbocycles. The van der Waals surface area contributed by atoms with E-state index in [1.54, 1.807) is 18.6 Å². The maximum Gasteiger partial charge on any atom is 0.288 e. The molecular formula is C22H28ClN5O2. The number of aromatic nitrogens is 3. The van der Waals surface area contributed by atoms with Gasteiger partial charge in [-0.15, -0.1) is 0 Å².